The molecule has 0 bridgehead atoms. The lowest BCUT2D eigenvalue weighted by atomic mass is 10.3. The second-order valence-electron chi connectivity index (χ2n) is 4.59. The number of carbonyl (C=O) groups excluding carboxylic acids is 1. The minimum atomic E-state index is -1.02. The molecule has 0 spiro atoms. The van der Waals surface area contributed by atoms with Crippen LogP contribution < -0.4 is 4.90 Å². The number of carboxylic acid groups (broad SMARTS) is 1. The molecule has 0 unspecified atom stereocenters. The molecule has 1 aromatic carbocycles. The first kappa shape index (κ1) is 16.0. The maximum Gasteiger partial charge on any atom is 0.325 e. The molecule has 0 heterocycles. The van der Waals surface area contributed by atoms with E-state index in [1.165, 1.54) is 4.90 Å². The topological polar surface area (TPSA) is 60.9 Å². The summed E-state index contributed by atoms with van der Waals surface area (Å²) in [7, 11) is 0. The summed E-state index contributed by atoms with van der Waals surface area (Å²) in [5.41, 5.74) is 0.608. The van der Waals surface area contributed by atoms with Crippen molar-refractivity contribution < 1.29 is 14.7 Å². The Labute approximate surface area is 119 Å². The van der Waals surface area contributed by atoms with Crippen molar-refractivity contribution in [3.8, 4) is 0 Å². The molecule has 0 saturated carbocycles. The van der Waals surface area contributed by atoms with E-state index >= 15 is 0 Å². The molecule has 0 atom stereocenters. The highest BCUT2D eigenvalue weighted by atomic mass is 16.4. The monoisotopic (exact) mass is 278 g/mol. The van der Waals surface area contributed by atoms with Gasteiger partial charge in [-0.15, -0.1) is 0 Å². The van der Waals surface area contributed by atoms with Crippen LogP contribution in [0.1, 0.15) is 26.7 Å². The van der Waals surface area contributed by atoms with Crippen LogP contribution in [0.3, 0.4) is 0 Å². The summed E-state index contributed by atoms with van der Waals surface area (Å²) < 4.78 is 0. The zero-order valence-electron chi connectivity index (χ0n) is 12.1. The van der Waals surface area contributed by atoms with Crippen LogP contribution in [0.5, 0.6) is 0 Å². The number of amides is 2. The SMILES string of the molecule is CCCN(CCC)C(=O)N(CC(=O)O)c1ccccc1. The average molecular weight is 278 g/mol. The van der Waals surface area contributed by atoms with Gasteiger partial charge in [-0.2, -0.15) is 0 Å². The van der Waals surface area contributed by atoms with Crippen molar-refractivity contribution in [2.24, 2.45) is 0 Å². The normalized spacial score (nSPS) is 10.1. The third kappa shape index (κ3) is 4.57. The van der Waals surface area contributed by atoms with Crippen LogP contribution in [0.4, 0.5) is 10.5 Å². The van der Waals surface area contributed by atoms with Gasteiger partial charge in [0.2, 0.25) is 0 Å². The Morgan fingerprint density at radius 1 is 1.05 bits per heavy atom. The highest BCUT2D eigenvalue weighted by molar-refractivity contribution is 5.96. The van der Waals surface area contributed by atoms with E-state index in [-0.39, 0.29) is 12.6 Å². The van der Waals surface area contributed by atoms with Gasteiger partial charge in [0.15, 0.2) is 0 Å². The minimum Gasteiger partial charge on any atom is -0.480 e. The number of benzene rings is 1. The Morgan fingerprint density at radius 3 is 2.05 bits per heavy atom. The number of urea groups is 1. The lowest BCUT2D eigenvalue weighted by molar-refractivity contribution is -0.135. The molecule has 0 radical (unpaired) electrons. The number of para-hydroxylation sites is 1. The molecule has 0 aliphatic rings. The molecule has 5 heteroatoms. The quantitative estimate of drug-likeness (QED) is 0.834. The largest absolute Gasteiger partial charge is 0.480 e. The van der Waals surface area contributed by atoms with Gasteiger partial charge in [0.05, 0.1) is 0 Å². The average Bonchev–Trinajstić information content (AvgIpc) is 2.44. The summed E-state index contributed by atoms with van der Waals surface area (Å²) >= 11 is 0. The number of aliphatic carboxylic acids is 1. The van der Waals surface area contributed by atoms with Crippen LogP contribution >= 0.6 is 0 Å². The van der Waals surface area contributed by atoms with E-state index in [1.807, 2.05) is 19.9 Å². The van der Waals surface area contributed by atoms with E-state index in [1.54, 1.807) is 29.2 Å². The van der Waals surface area contributed by atoms with Crippen LogP contribution in [-0.2, 0) is 4.79 Å². The number of hydrogen-bond donors (Lipinski definition) is 1. The molecule has 110 valence electrons. The molecule has 20 heavy (non-hydrogen) atoms. The summed E-state index contributed by atoms with van der Waals surface area (Å²) in [6.45, 7) is 4.94. The standard InChI is InChI=1S/C15H22N2O3/c1-3-10-16(11-4-2)15(20)17(12-14(18)19)13-8-6-5-7-9-13/h5-9H,3-4,10-12H2,1-2H3,(H,18,19). The third-order valence-corrected chi connectivity index (χ3v) is 2.85. The van der Waals surface area contributed by atoms with Gasteiger partial charge in [0, 0.05) is 18.8 Å². The van der Waals surface area contributed by atoms with Crippen molar-refractivity contribution in [1.29, 1.82) is 0 Å². The highest BCUT2D eigenvalue weighted by Crippen LogP contribution is 2.15. The number of carbonyl (C=O) groups is 2. The van der Waals surface area contributed by atoms with Gasteiger partial charge in [-0.05, 0) is 25.0 Å². The van der Waals surface area contributed by atoms with Crippen molar-refractivity contribution in [3.63, 3.8) is 0 Å². The van der Waals surface area contributed by atoms with Gasteiger partial charge in [0.25, 0.3) is 0 Å². The van der Waals surface area contributed by atoms with Crippen LogP contribution in [0.15, 0.2) is 30.3 Å². The zero-order valence-corrected chi connectivity index (χ0v) is 12.1. The Morgan fingerprint density at radius 2 is 1.60 bits per heavy atom. The Hall–Kier alpha value is -2.04. The molecular formula is C15H22N2O3. The number of carboxylic acids is 1. The van der Waals surface area contributed by atoms with Crippen LogP contribution in [0.25, 0.3) is 0 Å². The Balaban J connectivity index is 2.97. The first-order valence-electron chi connectivity index (χ1n) is 6.93. The second kappa shape index (κ2) is 8.19. The molecule has 0 aliphatic heterocycles. The summed E-state index contributed by atoms with van der Waals surface area (Å²) in [5, 5.41) is 9.02. The third-order valence-electron chi connectivity index (χ3n) is 2.85. The van der Waals surface area contributed by atoms with E-state index in [0.29, 0.717) is 18.8 Å². The van der Waals surface area contributed by atoms with Gasteiger partial charge in [-0.3, -0.25) is 9.69 Å². The van der Waals surface area contributed by atoms with Crippen molar-refractivity contribution in [2.45, 2.75) is 26.7 Å². The molecule has 2 amide bonds. The molecule has 0 saturated heterocycles. The molecule has 1 rings (SSSR count). The number of nitrogens with zero attached hydrogens (tertiary/aromatic N) is 2. The van der Waals surface area contributed by atoms with Crippen LogP contribution in [0, 0.1) is 0 Å². The maximum atomic E-state index is 12.5. The summed E-state index contributed by atoms with van der Waals surface area (Å²) in [6, 6.07) is 8.67. The minimum absolute atomic E-state index is 0.248. The first-order valence-corrected chi connectivity index (χ1v) is 6.93. The van der Waals surface area contributed by atoms with E-state index < -0.39 is 5.97 Å². The Kier molecular flexibility index (Phi) is 6.56. The molecule has 0 aliphatic carbocycles. The van der Waals surface area contributed by atoms with Gasteiger partial charge < -0.3 is 10.0 Å². The van der Waals surface area contributed by atoms with Crippen molar-refractivity contribution in [3.05, 3.63) is 30.3 Å². The molecule has 1 N–H and O–H groups in total. The lowest BCUT2D eigenvalue weighted by Crippen LogP contribution is -2.46. The zero-order chi connectivity index (χ0) is 15.0. The maximum absolute atomic E-state index is 12.5. The highest BCUT2D eigenvalue weighted by Gasteiger charge is 2.23. The van der Waals surface area contributed by atoms with Gasteiger partial charge in [-0.1, -0.05) is 32.0 Å². The van der Waals surface area contributed by atoms with Crippen LogP contribution in [0.2, 0.25) is 0 Å². The fourth-order valence-corrected chi connectivity index (χ4v) is 2.03. The predicted molar refractivity (Wildman–Crippen MR) is 79.0 cm³/mol. The van der Waals surface area contributed by atoms with E-state index in [9.17, 15) is 9.59 Å². The smallest absolute Gasteiger partial charge is 0.325 e. The summed E-state index contributed by atoms with van der Waals surface area (Å²) in [5.74, 6) is -1.02. The first-order chi connectivity index (χ1) is 9.60. The van der Waals surface area contributed by atoms with E-state index in [4.69, 9.17) is 5.11 Å². The number of rotatable bonds is 7. The number of hydrogen-bond acceptors (Lipinski definition) is 2. The predicted octanol–water partition coefficient (Wildman–Crippen LogP) is 2.82. The fourth-order valence-electron chi connectivity index (χ4n) is 2.03. The Bertz CT molecular complexity index is 428. The van der Waals surface area contributed by atoms with Gasteiger partial charge in [-0.25, -0.2) is 4.79 Å². The molecule has 1 aromatic rings. The van der Waals surface area contributed by atoms with Crippen molar-refractivity contribution >= 4 is 17.7 Å². The van der Waals surface area contributed by atoms with Gasteiger partial charge >= 0.3 is 12.0 Å². The van der Waals surface area contributed by atoms with Crippen molar-refractivity contribution in [1.82, 2.24) is 4.90 Å². The van der Waals surface area contributed by atoms with Crippen LogP contribution in [-0.4, -0.2) is 41.6 Å². The fraction of sp³-hybridized carbons (Fsp3) is 0.467. The van der Waals surface area contributed by atoms with Crippen molar-refractivity contribution in [2.75, 3.05) is 24.5 Å². The molecule has 0 aromatic heterocycles. The summed E-state index contributed by atoms with van der Waals surface area (Å²) in [4.78, 5) is 26.6. The molecule has 0 fully saturated rings. The van der Waals surface area contributed by atoms with E-state index in [0.717, 1.165) is 12.8 Å². The van der Waals surface area contributed by atoms with Gasteiger partial charge in [0.1, 0.15) is 6.54 Å². The summed E-state index contributed by atoms with van der Waals surface area (Å²) in [6.07, 6.45) is 1.70. The second-order valence-corrected chi connectivity index (χ2v) is 4.59. The van der Waals surface area contributed by atoms with E-state index in [2.05, 4.69) is 0 Å². The number of anilines is 1. The molecule has 5 nitrogen and oxygen atoms in total. The lowest BCUT2D eigenvalue weighted by Gasteiger charge is -2.29. The molecular weight excluding hydrogens is 256 g/mol.